The van der Waals surface area contributed by atoms with Gasteiger partial charge in [0.1, 0.15) is 0 Å². The molecule has 0 heterocycles. The van der Waals surface area contributed by atoms with Gasteiger partial charge in [-0.3, -0.25) is 9.59 Å². The van der Waals surface area contributed by atoms with E-state index in [4.69, 9.17) is 0 Å². The maximum absolute atomic E-state index is 11.8. The van der Waals surface area contributed by atoms with Crippen LogP contribution in [-0.4, -0.2) is 48.0 Å². The number of aliphatic hydroxyl groups is 2. The number of carbonyl (C=O) groups excluding carboxylic acids is 2. The Labute approximate surface area is 192 Å². The van der Waals surface area contributed by atoms with E-state index in [9.17, 15) is 19.8 Å². The van der Waals surface area contributed by atoms with E-state index >= 15 is 0 Å². The van der Waals surface area contributed by atoms with Crippen molar-refractivity contribution in [2.75, 3.05) is 13.7 Å². The van der Waals surface area contributed by atoms with Crippen molar-refractivity contribution in [3.05, 3.63) is 23.8 Å². The van der Waals surface area contributed by atoms with Crippen LogP contribution < -0.4 is 5.32 Å². The summed E-state index contributed by atoms with van der Waals surface area (Å²) in [7, 11) is 1.34. The van der Waals surface area contributed by atoms with Crippen LogP contribution >= 0.6 is 0 Å². The lowest BCUT2D eigenvalue weighted by atomic mass is 9.88. The Balaban J connectivity index is 1.34. The standard InChI is InChI=1S/C26H41NO5/c1-32-26(31)12-13-27-25(30)9-5-4-8-19-14-20-17-24(29)22(23(20)16-19)11-10-21(28)15-18-6-2-3-7-18/h10-11,14,18,20-24,28-29H,2-9,12-13,15-17H2,1H3,(H,27,30)/t20-,21+,22+,23-,24+/m0/s1. The molecule has 0 aromatic rings. The lowest BCUT2D eigenvalue weighted by Gasteiger charge is -2.19. The number of hydrogen-bond acceptors (Lipinski definition) is 5. The molecule has 0 aromatic carbocycles. The van der Waals surface area contributed by atoms with E-state index in [0.29, 0.717) is 30.7 Å². The largest absolute Gasteiger partial charge is 0.469 e. The number of aliphatic hydroxyl groups excluding tert-OH is 2. The second-order valence-electron chi connectivity index (χ2n) is 9.96. The Kier molecular flexibility index (Phi) is 9.79. The average Bonchev–Trinajstić information content (AvgIpc) is 3.47. The number of methoxy groups -OCH3 is 1. The van der Waals surface area contributed by atoms with E-state index in [-0.39, 0.29) is 30.3 Å². The van der Waals surface area contributed by atoms with Crippen LogP contribution in [0.3, 0.4) is 0 Å². The zero-order valence-corrected chi connectivity index (χ0v) is 19.5. The highest BCUT2D eigenvalue weighted by Crippen LogP contribution is 2.48. The number of ether oxygens (including phenoxy) is 1. The van der Waals surface area contributed by atoms with Crippen LogP contribution in [-0.2, 0) is 14.3 Å². The van der Waals surface area contributed by atoms with Crippen molar-refractivity contribution in [2.45, 2.75) is 89.3 Å². The van der Waals surface area contributed by atoms with Crippen molar-refractivity contribution in [3.8, 4) is 0 Å². The summed E-state index contributed by atoms with van der Waals surface area (Å²) in [6.07, 6.45) is 16.9. The molecule has 0 radical (unpaired) electrons. The fraction of sp³-hybridized carbons (Fsp3) is 0.769. The van der Waals surface area contributed by atoms with Crippen molar-refractivity contribution >= 4 is 11.9 Å². The van der Waals surface area contributed by atoms with E-state index in [1.807, 2.05) is 6.08 Å². The summed E-state index contributed by atoms with van der Waals surface area (Å²) in [4.78, 5) is 22.9. The second-order valence-corrected chi connectivity index (χ2v) is 9.96. The minimum absolute atomic E-state index is 0.0179. The van der Waals surface area contributed by atoms with Crippen molar-refractivity contribution in [3.63, 3.8) is 0 Å². The smallest absolute Gasteiger partial charge is 0.307 e. The van der Waals surface area contributed by atoms with Gasteiger partial charge in [-0.25, -0.2) is 0 Å². The topological polar surface area (TPSA) is 95.9 Å². The molecular formula is C26H41NO5. The molecule has 3 aliphatic carbocycles. The summed E-state index contributed by atoms with van der Waals surface area (Å²) in [5.41, 5.74) is 1.45. The molecule has 0 aliphatic heterocycles. The van der Waals surface area contributed by atoms with Crippen molar-refractivity contribution in [2.24, 2.45) is 23.7 Å². The van der Waals surface area contributed by atoms with E-state index in [1.165, 1.54) is 38.4 Å². The van der Waals surface area contributed by atoms with Gasteiger partial charge in [0, 0.05) is 18.9 Å². The molecule has 3 N–H and O–H groups in total. The van der Waals surface area contributed by atoms with E-state index < -0.39 is 6.10 Å². The van der Waals surface area contributed by atoms with Gasteiger partial charge >= 0.3 is 5.97 Å². The highest BCUT2D eigenvalue weighted by Gasteiger charge is 2.43. The maximum atomic E-state index is 11.8. The van der Waals surface area contributed by atoms with Gasteiger partial charge in [0.25, 0.3) is 0 Å². The van der Waals surface area contributed by atoms with Crippen LogP contribution in [0.5, 0.6) is 0 Å². The van der Waals surface area contributed by atoms with Crippen molar-refractivity contribution in [1.29, 1.82) is 0 Å². The van der Waals surface area contributed by atoms with Gasteiger partial charge in [-0.1, -0.05) is 49.5 Å². The van der Waals surface area contributed by atoms with E-state index in [1.54, 1.807) is 0 Å². The highest BCUT2D eigenvalue weighted by atomic mass is 16.5. The SMILES string of the molecule is COC(=O)CCNC(=O)CCCCC1=C[C@H]2C[C@@H](O)[C@H](C=C[C@@H](O)CC3CCCC3)[C@H]2C1. The quantitative estimate of drug-likeness (QED) is 0.241. The number of carbonyl (C=O) groups is 2. The first-order valence-corrected chi connectivity index (χ1v) is 12.5. The molecule has 180 valence electrons. The molecule has 0 bridgehead atoms. The number of rotatable bonds is 12. The summed E-state index contributed by atoms with van der Waals surface area (Å²) in [5.74, 6) is 1.33. The van der Waals surface area contributed by atoms with Crippen LogP contribution in [0.25, 0.3) is 0 Å². The van der Waals surface area contributed by atoms with Crippen LogP contribution in [0.2, 0.25) is 0 Å². The average molecular weight is 448 g/mol. The first-order chi connectivity index (χ1) is 15.5. The van der Waals surface area contributed by atoms with E-state index in [0.717, 1.165) is 38.5 Å². The normalized spacial score (nSPS) is 28.7. The predicted octanol–water partition coefficient (Wildman–Crippen LogP) is 3.67. The summed E-state index contributed by atoms with van der Waals surface area (Å²) in [6.45, 7) is 0.326. The van der Waals surface area contributed by atoms with E-state index in [2.05, 4.69) is 22.2 Å². The van der Waals surface area contributed by atoms with Crippen LogP contribution in [0.4, 0.5) is 0 Å². The lowest BCUT2D eigenvalue weighted by molar-refractivity contribution is -0.140. The third-order valence-electron chi connectivity index (χ3n) is 7.59. The Morgan fingerprint density at radius 3 is 2.78 bits per heavy atom. The molecule has 6 heteroatoms. The van der Waals surface area contributed by atoms with Crippen LogP contribution in [0, 0.1) is 23.7 Å². The Hall–Kier alpha value is -1.66. The molecule has 0 unspecified atom stereocenters. The molecule has 2 fully saturated rings. The molecule has 6 nitrogen and oxygen atoms in total. The summed E-state index contributed by atoms with van der Waals surface area (Å²) >= 11 is 0. The van der Waals surface area contributed by atoms with Gasteiger partial charge in [-0.05, 0) is 56.3 Å². The third kappa shape index (κ3) is 7.45. The first kappa shape index (κ1) is 25.0. The fourth-order valence-corrected chi connectivity index (χ4v) is 5.85. The Morgan fingerprint density at radius 1 is 1.25 bits per heavy atom. The number of hydrogen-bond donors (Lipinski definition) is 3. The molecule has 0 spiro atoms. The number of fused-ring (bicyclic) bond motifs is 1. The molecule has 3 aliphatic rings. The molecule has 3 rings (SSSR count). The maximum Gasteiger partial charge on any atom is 0.307 e. The van der Waals surface area contributed by atoms with Gasteiger partial charge in [0.2, 0.25) is 5.91 Å². The fourth-order valence-electron chi connectivity index (χ4n) is 5.85. The monoisotopic (exact) mass is 447 g/mol. The minimum Gasteiger partial charge on any atom is -0.469 e. The molecule has 32 heavy (non-hydrogen) atoms. The molecule has 5 atom stereocenters. The van der Waals surface area contributed by atoms with Gasteiger partial charge in [-0.2, -0.15) is 0 Å². The molecule has 1 amide bonds. The van der Waals surface area contributed by atoms with Gasteiger partial charge in [-0.15, -0.1) is 0 Å². The van der Waals surface area contributed by atoms with Gasteiger partial charge in [0.05, 0.1) is 25.7 Å². The molecule has 2 saturated carbocycles. The molecule has 0 aromatic heterocycles. The van der Waals surface area contributed by atoms with Crippen molar-refractivity contribution in [1.82, 2.24) is 5.32 Å². The highest BCUT2D eigenvalue weighted by molar-refractivity contribution is 5.76. The second kappa shape index (κ2) is 12.5. The van der Waals surface area contributed by atoms with Gasteiger partial charge < -0.3 is 20.3 Å². The van der Waals surface area contributed by atoms with Crippen molar-refractivity contribution < 1.29 is 24.5 Å². The number of amides is 1. The number of unbranched alkanes of at least 4 members (excludes halogenated alkanes) is 1. The molecule has 0 saturated heterocycles. The number of nitrogens with one attached hydrogen (secondary N) is 1. The van der Waals surface area contributed by atoms with Crippen LogP contribution in [0.15, 0.2) is 23.8 Å². The predicted molar refractivity (Wildman–Crippen MR) is 124 cm³/mol. The Bertz CT molecular complexity index is 682. The lowest BCUT2D eigenvalue weighted by Crippen LogP contribution is -2.25. The minimum atomic E-state index is -0.392. The third-order valence-corrected chi connectivity index (χ3v) is 7.59. The first-order valence-electron chi connectivity index (χ1n) is 12.5. The summed E-state index contributed by atoms with van der Waals surface area (Å²) in [5, 5.41) is 23.7. The number of esters is 1. The summed E-state index contributed by atoms with van der Waals surface area (Å²) in [6, 6.07) is 0. The zero-order valence-electron chi connectivity index (χ0n) is 19.5. The number of allylic oxidation sites excluding steroid dienone is 2. The van der Waals surface area contributed by atoms with Gasteiger partial charge in [0.15, 0.2) is 0 Å². The molecular weight excluding hydrogens is 406 g/mol. The van der Waals surface area contributed by atoms with Crippen LogP contribution in [0.1, 0.15) is 77.0 Å². The summed E-state index contributed by atoms with van der Waals surface area (Å²) < 4.78 is 4.56. The Morgan fingerprint density at radius 2 is 2.03 bits per heavy atom. The zero-order chi connectivity index (χ0) is 22.9.